The quantitative estimate of drug-likeness (QED) is 0.786. The van der Waals surface area contributed by atoms with Crippen LogP contribution in [0.5, 0.6) is 5.75 Å². The van der Waals surface area contributed by atoms with E-state index in [1.807, 2.05) is 24.3 Å². The lowest BCUT2D eigenvalue weighted by Crippen LogP contribution is -2.24. The first-order valence-electron chi connectivity index (χ1n) is 8.56. The van der Waals surface area contributed by atoms with Crippen LogP contribution >= 0.6 is 0 Å². The Balaban J connectivity index is 1.38. The number of carbonyl (C=O) groups is 1. The molecule has 3 rings (SSSR count). The van der Waals surface area contributed by atoms with Crippen molar-refractivity contribution in [3.8, 4) is 5.75 Å². The molecule has 2 atom stereocenters. The summed E-state index contributed by atoms with van der Waals surface area (Å²) in [6.07, 6.45) is 9.56. The number of amides is 1. The van der Waals surface area contributed by atoms with Crippen LogP contribution in [0.25, 0.3) is 0 Å². The normalized spacial score (nSPS) is 23.1. The van der Waals surface area contributed by atoms with Crippen LogP contribution in [0.3, 0.4) is 0 Å². The van der Waals surface area contributed by atoms with Crippen LogP contribution in [0.2, 0.25) is 0 Å². The summed E-state index contributed by atoms with van der Waals surface area (Å²) in [5.41, 5.74) is 1.09. The predicted molar refractivity (Wildman–Crippen MR) is 89.2 cm³/mol. The molecule has 1 aromatic rings. The maximum atomic E-state index is 11.9. The van der Waals surface area contributed by atoms with Crippen molar-refractivity contribution in [2.24, 2.45) is 5.92 Å². The van der Waals surface area contributed by atoms with Gasteiger partial charge in [-0.2, -0.15) is 0 Å². The van der Waals surface area contributed by atoms with Gasteiger partial charge >= 0.3 is 0 Å². The molecule has 0 bridgehead atoms. The van der Waals surface area contributed by atoms with E-state index in [4.69, 9.17) is 9.47 Å². The molecule has 0 unspecified atom stereocenters. The third kappa shape index (κ3) is 5.10. The maximum Gasteiger partial charge on any atom is 0.220 e. The fourth-order valence-electron chi connectivity index (χ4n) is 3.04. The van der Waals surface area contributed by atoms with Gasteiger partial charge in [0.1, 0.15) is 12.4 Å². The highest BCUT2D eigenvalue weighted by molar-refractivity contribution is 5.76. The zero-order valence-electron chi connectivity index (χ0n) is 13.5. The maximum absolute atomic E-state index is 11.9. The van der Waals surface area contributed by atoms with Crippen LogP contribution in [0.4, 0.5) is 0 Å². The summed E-state index contributed by atoms with van der Waals surface area (Å²) in [6.45, 7) is 2.04. The number of allylic oxidation sites excluding steroid dienone is 2. The lowest BCUT2D eigenvalue weighted by Gasteiger charge is -2.12. The summed E-state index contributed by atoms with van der Waals surface area (Å²) in [5, 5.41) is 2.99. The Morgan fingerprint density at radius 2 is 2.13 bits per heavy atom. The lowest BCUT2D eigenvalue weighted by molar-refractivity contribution is -0.121. The molecule has 0 radical (unpaired) electrons. The van der Waals surface area contributed by atoms with Gasteiger partial charge in [-0.05, 0) is 49.3 Å². The van der Waals surface area contributed by atoms with Gasteiger partial charge in [-0.3, -0.25) is 4.79 Å². The predicted octanol–water partition coefficient (Wildman–Crippen LogP) is 3.22. The number of hydrogen-bond donors (Lipinski definition) is 1. The van der Waals surface area contributed by atoms with E-state index < -0.39 is 0 Å². The minimum atomic E-state index is 0.125. The fourth-order valence-corrected chi connectivity index (χ4v) is 3.04. The first kappa shape index (κ1) is 16.1. The Morgan fingerprint density at radius 3 is 2.83 bits per heavy atom. The molecule has 0 spiro atoms. The third-order valence-corrected chi connectivity index (χ3v) is 4.43. The molecule has 1 aliphatic carbocycles. The van der Waals surface area contributed by atoms with Crippen molar-refractivity contribution in [2.75, 3.05) is 13.2 Å². The number of nitrogens with one attached hydrogen (secondary N) is 1. The van der Waals surface area contributed by atoms with Crippen molar-refractivity contribution in [3.05, 3.63) is 42.0 Å². The molecule has 4 heteroatoms. The van der Waals surface area contributed by atoms with Crippen LogP contribution in [0.15, 0.2) is 36.4 Å². The number of carbonyl (C=O) groups excluding carboxylic acids is 1. The summed E-state index contributed by atoms with van der Waals surface area (Å²) in [7, 11) is 0. The topological polar surface area (TPSA) is 47.6 Å². The molecule has 0 aromatic heterocycles. The first-order valence-corrected chi connectivity index (χ1v) is 8.56. The van der Waals surface area contributed by atoms with Crippen molar-refractivity contribution >= 4 is 5.91 Å². The van der Waals surface area contributed by atoms with Crippen molar-refractivity contribution in [2.45, 2.75) is 44.8 Å². The third-order valence-electron chi connectivity index (χ3n) is 4.43. The molecule has 124 valence electrons. The van der Waals surface area contributed by atoms with Crippen molar-refractivity contribution in [3.63, 3.8) is 0 Å². The molecule has 1 aliphatic heterocycles. The fraction of sp³-hybridized carbons (Fsp3) is 0.526. The van der Waals surface area contributed by atoms with Crippen LogP contribution in [0.1, 0.15) is 37.7 Å². The van der Waals surface area contributed by atoms with Crippen molar-refractivity contribution < 1.29 is 14.3 Å². The Bertz CT molecular complexity index is 532. The molecule has 1 saturated heterocycles. The van der Waals surface area contributed by atoms with E-state index in [1.165, 1.54) is 0 Å². The van der Waals surface area contributed by atoms with E-state index in [0.717, 1.165) is 43.6 Å². The van der Waals surface area contributed by atoms with E-state index in [-0.39, 0.29) is 12.0 Å². The van der Waals surface area contributed by atoms with Crippen LogP contribution in [0, 0.1) is 5.92 Å². The number of rotatable bonds is 7. The molecule has 1 fully saturated rings. The van der Waals surface area contributed by atoms with E-state index >= 15 is 0 Å². The summed E-state index contributed by atoms with van der Waals surface area (Å²) < 4.78 is 11.3. The Kier molecular flexibility index (Phi) is 5.70. The van der Waals surface area contributed by atoms with Gasteiger partial charge in [-0.1, -0.05) is 24.3 Å². The van der Waals surface area contributed by atoms with Gasteiger partial charge in [0.05, 0.1) is 6.10 Å². The van der Waals surface area contributed by atoms with Crippen LogP contribution in [-0.2, 0) is 16.1 Å². The minimum Gasteiger partial charge on any atom is -0.491 e. The average Bonchev–Trinajstić information content (AvgIpc) is 3.25. The molecular weight excluding hydrogens is 290 g/mol. The summed E-state index contributed by atoms with van der Waals surface area (Å²) in [5.74, 6) is 1.40. The van der Waals surface area contributed by atoms with Gasteiger partial charge in [0.15, 0.2) is 0 Å². The number of hydrogen-bond acceptors (Lipinski definition) is 3. The molecule has 23 heavy (non-hydrogen) atoms. The molecular formula is C19H25NO3. The van der Waals surface area contributed by atoms with Crippen LogP contribution < -0.4 is 10.1 Å². The van der Waals surface area contributed by atoms with Gasteiger partial charge in [0.25, 0.3) is 0 Å². The van der Waals surface area contributed by atoms with Gasteiger partial charge in [0.2, 0.25) is 5.91 Å². The molecule has 2 aliphatic rings. The smallest absolute Gasteiger partial charge is 0.220 e. The van der Waals surface area contributed by atoms with E-state index in [0.29, 0.717) is 25.5 Å². The highest BCUT2D eigenvalue weighted by Crippen LogP contribution is 2.20. The van der Waals surface area contributed by atoms with Crippen molar-refractivity contribution in [1.29, 1.82) is 0 Å². The van der Waals surface area contributed by atoms with Gasteiger partial charge in [-0.25, -0.2) is 0 Å². The number of benzene rings is 1. The molecule has 1 heterocycles. The van der Waals surface area contributed by atoms with Gasteiger partial charge in [-0.15, -0.1) is 0 Å². The second-order valence-corrected chi connectivity index (χ2v) is 6.34. The first-order chi connectivity index (χ1) is 11.3. The Hall–Kier alpha value is -1.81. The van der Waals surface area contributed by atoms with E-state index in [9.17, 15) is 4.79 Å². The number of ether oxygens (including phenoxy) is 2. The van der Waals surface area contributed by atoms with Crippen LogP contribution in [-0.4, -0.2) is 25.2 Å². The summed E-state index contributed by atoms with van der Waals surface area (Å²) >= 11 is 0. The highest BCUT2D eigenvalue weighted by Gasteiger charge is 2.16. The molecule has 1 aromatic carbocycles. The monoisotopic (exact) mass is 315 g/mol. The lowest BCUT2D eigenvalue weighted by atomic mass is 10.1. The van der Waals surface area contributed by atoms with E-state index in [2.05, 4.69) is 17.5 Å². The second-order valence-electron chi connectivity index (χ2n) is 6.34. The molecule has 0 saturated carbocycles. The summed E-state index contributed by atoms with van der Waals surface area (Å²) in [6, 6.07) is 7.91. The Labute approximate surface area is 137 Å². The largest absolute Gasteiger partial charge is 0.491 e. The minimum absolute atomic E-state index is 0.125. The summed E-state index contributed by atoms with van der Waals surface area (Å²) in [4.78, 5) is 11.9. The molecule has 1 amide bonds. The Morgan fingerprint density at radius 1 is 1.26 bits per heavy atom. The average molecular weight is 315 g/mol. The van der Waals surface area contributed by atoms with Crippen molar-refractivity contribution in [1.82, 2.24) is 5.32 Å². The van der Waals surface area contributed by atoms with Gasteiger partial charge < -0.3 is 14.8 Å². The molecule has 4 nitrogen and oxygen atoms in total. The molecule has 1 N–H and O–H groups in total. The zero-order valence-corrected chi connectivity index (χ0v) is 13.5. The van der Waals surface area contributed by atoms with Gasteiger partial charge in [0, 0.05) is 19.6 Å². The standard InChI is InChI=1S/C19H25NO3/c21-19(12-15-4-1-2-5-15)20-13-16-7-9-17(10-8-16)23-14-18-6-3-11-22-18/h1,4,7-10,15,18H,2-3,5-6,11-14H2,(H,20,21)/t15-,18-/m0/s1. The van der Waals surface area contributed by atoms with E-state index in [1.54, 1.807) is 0 Å². The second kappa shape index (κ2) is 8.16. The highest BCUT2D eigenvalue weighted by atomic mass is 16.5. The zero-order chi connectivity index (χ0) is 15.9. The SMILES string of the molecule is O=C(C[C@H]1C=CCC1)NCc1ccc(OC[C@@H]2CCCO2)cc1.